The van der Waals surface area contributed by atoms with Gasteiger partial charge in [0, 0.05) is 23.4 Å². The number of benzene rings is 1. The number of hydrazone groups is 1. The van der Waals surface area contributed by atoms with Crippen molar-refractivity contribution in [2.45, 2.75) is 19.8 Å². The molecule has 0 unspecified atom stereocenters. The molecule has 1 amide bonds. The quantitative estimate of drug-likeness (QED) is 0.502. The summed E-state index contributed by atoms with van der Waals surface area (Å²) >= 11 is 0. The fourth-order valence-electron chi connectivity index (χ4n) is 1.53. The summed E-state index contributed by atoms with van der Waals surface area (Å²) < 4.78 is 0. The van der Waals surface area contributed by atoms with Crippen LogP contribution in [0.25, 0.3) is 0 Å². The second-order valence-corrected chi connectivity index (χ2v) is 4.27. The van der Waals surface area contributed by atoms with Gasteiger partial charge in [-0.1, -0.05) is 0 Å². The average Bonchev–Trinajstić information content (AvgIpc) is 3.20. The standard InChI is InChI=1S/C12H13N3O3/c1-8(9-2-3-9)13-14-12(16)10-4-6-11(7-5-10)15(17)18/h4-7,9H,2-3H2,1H3,(H,14,16)/b13-8-. The maximum Gasteiger partial charge on any atom is 0.271 e. The monoisotopic (exact) mass is 247 g/mol. The molecule has 0 heterocycles. The highest BCUT2D eigenvalue weighted by atomic mass is 16.6. The Labute approximate surface area is 104 Å². The molecule has 2 rings (SSSR count). The van der Waals surface area contributed by atoms with E-state index in [2.05, 4.69) is 10.5 Å². The number of hydrogen-bond donors (Lipinski definition) is 1. The van der Waals surface area contributed by atoms with Crippen LogP contribution < -0.4 is 5.43 Å². The van der Waals surface area contributed by atoms with Gasteiger partial charge in [0.25, 0.3) is 11.6 Å². The molecule has 0 bridgehead atoms. The van der Waals surface area contributed by atoms with E-state index >= 15 is 0 Å². The number of nitro groups is 1. The van der Waals surface area contributed by atoms with Crippen LogP contribution in [0, 0.1) is 16.0 Å². The highest BCUT2D eigenvalue weighted by Gasteiger charge is 2.24. The zero-order valence-electron chi connectivity index (χ0n) is 9.92. The molecule has 6 heteroatoms. The van der Waals surface area contributed by atoms with Gasteiger partial charge in [-0.3, -0.25) is 14.9 Å². The van der Waals surface area contributed by atoms with Crippen LogP contribution in [0.4, 0.5) is 5.69 Å². The van der Waals surface area contributed by atoms with Gasteiger partial charge in [-0.25, -0.2) is 5.43 Å². The van der Waals surface area contributed by atoms with Crippen LogP contribution in [0.1, 0.15) is 30.1 Å². The van der Waals surface area contributed by atoms with E-state index in [1.807, 2.05) is 6.92 Å². The van der Waals surface area contributed by atoms with Gasteiger partial charge in [0.2, 0.25) is 0 Å². The Hall–Kier alpha value is -2.24. The number of nitrogens with one attached hydrogen (secondary N) is 1. The molecular formula is C12H13N3O3. The molecular weight excluding hydrogens is 234 g/mol. The highest BCUT2D eigenvalue weighted by molar-refractivity contribution is 5.95. The lowest BCUT2D eigenvalue weighted by atomic mass is 10.2. The molecule has 1 N–H and O–H groups in total. The molecule has 0 aromatic heterocycles. The van der Waals surface area contributed by atoms with Crippen LogP contribution >= 0.6 is 0 Å². The van der Waals surface area contributed by atoms with Crippen molar-refractivity contribution < 1.29 is 9.72 Å². The van der Waals surface area contributed by atoms with Crippen molar-refractivity contribution in [2.75, 3.05) is 0 Å². The number of non-ortho nitro benzene ring substituents is 1. The van der Waals surface area contributed by atoms with Crippen LogP contribution in [0.5, 0.6) is 0 Å². The van der Waals surface area contributed by atoms with E-state index in [1.54, 1.807) is 0 Å². The van der Waals surface area contributed by atoms with Crippen molar-refractivity contribution in [2.24, 2.45) is 11.0 Å². The van der Waals surface area contributed by atoms with Crippen LogP contribution in [0.2, 0.25) is 0 Å². The minimum atomic E-state index is -0.503. The highest BCUT2D eigenvalue weighted by Crippen LogP contribution is 2.30. The molecule has 0 radical (unpaired) electrons. The molecule has 1 aromatic carbocycles. The summed E-state index contributed by atoms with van der Waals surface area (Å²) in [7, 11) is 0. The van der Waals surface area contributed by atoms with E-state index in [0.717, 1.165) is 18.6 Å². The molecule has 0 saturated heterocycles. The molecule has 0 aliphatic heterocycles. The van der Waals surface area contributed by atoms with Gasteiger partial charge < -0.3 is 0 Å². The van der Waals surface area contributed by atoms with Gasteiger partial charge >= 0.3 is 0 Å². The van der Waals surface area contributed by atoms with E-state index in [0.29, 0.717) is 11.5 Å². The molecule has 1 saturated carbocycles. The Morgan fingerprint density at radius 3 is 2.50 bits per heavy atom. The maximum absolute atomic E-state index is 11.7. The molecule has 1 aromatic rings. The predicted molar refractivity (Wildman–Crippen MR) is 66.4 cm³/mol. The van der Waals surface area contributed by atoms with Gasteiger partial charge in [0.15, 0.2) is 0 Å². The van der Waals surface area contributed by atoms with E-state index < -0.39 is 4.92 Å². The van der Waals surface area contributed by atoms with E-state index in [-0.39, 0.29) is 11.6 Å². The third-order valence-electron chi connectivity index (χ3n) is 2.84. The fraction of sp³-hybridized carbons (Fsp3) is 0.333. The molecule has 1 fully saturated rings. The first kappa shape index (κ1) is 12.2. The largest absolute Gasteiger partial charge is 0.271 e. The van der Waals surface area contributed by atoms with E-state index in [4.69, 9.17) is 0 Å². The Balaban J connectivity index is 2.00. The summed E-state index contributed by atoms with van der Waals surface area (Å²) in [6, 6.07) is 5.42. The lowest BCUT2D eigenvalue weighted by molar-refractivity contribution is -0.384. The molecule has 0 spiro atoms. The van der Waals surface area contributed by atoms with Crippen molar-refractivity contribution >= 4 is 17.3 Å². The second kappa shape index (κ2) is 4.95. The number of carbonyl (C=O) groups is 1. The summed E-state index contributed by atoms with van der Waals surface area (Å²) in [5.74, 6) is 0.145. The predicted octanol–water partition coefficient (Wildman–Crippen LogP) is 2.11. The Morgan fingerprint density at radius 1 is 1.39 bits per heavy atom. The number of carbonyl (C=O) groups excluding carboxylic acids is 1. The van der Waals surface area contributed by atoms with Crippen molar-refractivity contribution in [3.05, 3.63) is 39.9 Å². The lowest BCUT2D eigenvalue weighted by Gasteiger charge is -2.01. The lowest BCUT2D eigenvalue weighted by Crippen LogP contribution is -2.19. The summed E-state index contributed by atoms with van der Waals surface area (Å²) in [4.78, 5) is 21.6. The van der Waals surface area contributed by atoms with Crippen LogP contribution in [0.3, 0.4) is 0 Å². The van der Waals surface area contributed by atoms with Gasteiger partial charge in [-0.2, -0.15) is 5.10 Å². The van der Waals surface area contributed by atoms with Crippen molar-refractivity contribution in [1.29, 1.82) is 0 Å². The van der Waals surface area contributed by atoms with E-state index in [9.17, 15) is 14.9 Å². The summed E-state index contributed by atoms with van der Waals surface area (Å²) in [5.41, 5.74) is 3.69. The number of hydrogen-bond acceptors (Lipinski definition) is 4. The summed E-state index contributed by atoms with van der Waals surface area (Å²) in [6.07, 6.45) is 2.26. The molecule has 94 valence electrons. The number of nitrogens with zero attached hydrogens (tertiary/aromatic N) is 2. The first-order valence-electron chi connectivity index (χ1n) is 5.67. The zero-order chi connectivity index (χ0) is 13.1. The average molecular weight is 247 g/mol. The third kappa shape index (κ3) is 2.91. The first-order chi connectivity index (χ1) is 8.58. The summed E-state index contributed by atoms with van der Waals surface area (Å²) in [6.45, 7) is 1.88. The third-order valence-corrected chi connectivity index (χ3v) is 2.84. The Bertz CT molecular complexity index is 504. The van der Waals surface area contributed by atoms with E-state index in [1.165, 1.54) is 24.3 Å². The van der Waals surface area contributed by atoms with Crippen molar-refractivity contribution in [3.63, 3.8) is 0 Å². The molecule has 6 nitrogen and oxygen atoms in total. The number of amides is 1. The van der Waals surface area contributed by atoms with Gasteiger partial charge in [-0.15, -0.1) is 0 Å². The molecule has 1 aliphatic carbocycles. The normalized spacial score (nSPS) is 15.3. The minimum absolute atomic E-state index is 0.0378. The number of nitro benzene ring substituents is 1. The first-order valence-corrected chi connectivity index (χ1v) is 5.67. The fourth-order valence-corrected chi connectivity index (χ4v) is 1.53. The van der Waals surface area contributed by atoms with Crippen molar-refractivity contribution in [3.8, 4) is 0 Å². The van der Waals surface area contributed by atoms with Gasteiger partial charge in [-0.05, 0) is 37.8 Å². The van der Waals surface area contributed by atoms with Crippen LogP contribution in [-0.2, 0) is 0 Å². The molecule has 18 heavy (non-hydrogen) atoms. The molecule has 0 atom stereocenters. The Kier molecular flexibility index (Phi) is 3.36. The van der Waals surface area contributed by atoms with Crippen LogP contribution in [-0.4, -0.2) is 16.5 Å². The number of rotatable bonds is 4. The topological polar surface area (TPSA) is 84.6 Å². The van der Waals surface area contributed by atoms with Gasteiger partial charge in [0.1, 0.15) is 0 Å². The minimum Gasteiger partial charge on any atom is -0.267 e. The maximum atomic E-state index is 11.7. The Morgan fingerprint density at radius 2 is 2.00 bits per heavy atom. The van der Waals surface area contributed by atoms with Crippen LogP contribution in [0.15, 0.2) is 29.4 Å². The smallest absolute Gasteiger partial charge is 0.267 e. The summed E-state index contributed by atoms with van der Waals surface area (Å²) in [5, 5.41) is 14.5. The zero-order valence-corrected chi connectivity index (χ0v) is 9.92. The molecule has 1 aliphatic rings. The second-order valence-electron chi connectivity index (χ2n) is 4.27. The SMILES string of the molecule is C/C(=N/NC(=O)c1ccc([N+](=O)[O-])cc1)C1CC1. The van der Waals surface area contributed by atoms with Crippen molar-refractivity contribution in [1.82, 2.24) is 5.43 Å². The van der Waals surface area contributed by atoms with Gasteiger partial charge in [0.05, 0.1) is 4.92 Å².